The SMILES string of the molecule is CCc1nc2ncccn2c1C(=O)NCc1ccc(-c2cc3n(n2)CCC(C(F)(F)CC)C3)cc1. The summed E-state index contributed by atoms with van der Waals surface area (Å²) >= 11 is 0. The molecule has 1 amide bonds. The van der Waals surface area contributed by atoms with Crippen LogP contribution in [0, 0.1) is 5.92 Å². The highest BCUT2D eigenvalue weighted by atomic mass is 19.3. The second-order valence-electron chi connectivity index (χ2n) is 8.98. The number of halogens is 2. The number of nitrogens with one attached hydrogen (secondary N) is 1. The monoisotopic (exact) mass is 478 g/mol. The zero-order chi connectivity index (χ0) is 24.6. The Labute approximate surface area is 202 Å². The standard InChI is InChI=1S/C26H28F2N6O/c1-3-21-23(33-12-5-11-29-25(33)31-21)24(35)30-16-17-6-8-18(9-7-17)22-15-20-14-19(26(27,28)4-2)10-13-34(20)32-22/h5-9,11-12,15,19H,3-4,10,13-14,16H2,1-2H3,(H,30,35). The lowest BCUT2D eigenvalue weighted by molar-refractivity contribution is -0.0698. The van der Waals surface area contributed by atoms with E-state index in [0.717, 1.165) is 22.5 Å². The summed E-state index contributed by atoms with van der Waals surface area (Å²) in [6, 6.07) is 11.5. The molecule has 35 heavy (non-hydrogen) atoms. The second-order valence-corrected chi connectivity index (χ2v) is 8.98. The van der Waals surface area contributed by atoms with Crippen LogP contribution in [-0.2, 0) is 25.9 Å². The maximum absolute atomic E-state index is 14.2. The van der Waals surface area contributed by atoms with E-state index in [0.29, 0.717) is 49.5 Å². The van der Waals surface area contributed by atoms with E-state index in [-0.39, 0.29) is 12.3 Å². The second kappa shape index (κ2) is 9.20. The first kappa shape index (κ1) is 23.1. The predicted octanol–water partition coefficient (Wildman–Crippen LogP) is 4.69. The topological polar surface area (TPSA) is 77.1 Å². The van der Waals surface area contributed by atoms with Gasteiger partial charge in [-0.1, -0.05) is 38.1 Å². The van der Waals surface area contributed by atoms with Gasteiger partial charge in [0, 0.05) is 49.1 Å². The molecular weight excluding hydrogens is 450 g/mol. The van der Waals surface area contributed by atoms with Crippen LogP contribution in [0.25, 0.3) is 17.0 Å². The Morgan fingerprint density at radius 3 is 2.77 bits per heavy atom. The highest BCUT2D eigenvalue weighted by Gasteiger charge is 2.39. The summed E-state index contributed by atoms with van der Waals surface area (Å²) in [5.41, 5.74) is 4.71. The van der Waals surface area contributed by atoms with Gasteiger partial charge in [-0.15, -0.1) is 0 Å². The van der Waals surface area contributed by atoms with E-state index in [1.165, 1.54) is 0 Å². The quantitative estimate of drug-likeness (QED) is 0.418. The molecule has 0 bridgehead atoms. The van der Waals surface area contributed by atoms with Crippen molar-refractivity contribution in [3.8, 4) is 11.3 Å². The van der Waals surface area contributed by atoms with Crippen molar-refractivity contribution < 1.29 is 13.6 Å². The van der Waals surface area contributed by atoms with E-state index in [1.54, 1.807) is 29.8 Å². The highest BCUT2D eigenvalue weighted by molar-refractivity contribution is 5.94. The van der Waals surface area contributed by atoms with Gasteiger partial charge < -0.3 is 5.32 Å². The van der Waals surface area contributed by atoms with Crippen molar-refractivity contribution in [2.75, 3.05) is 0 Å². The molecule has 1 atom stereocenters. The average molecular weight is 479 g/mol. The molecule has 4 heterocycles. The Morgan fingerprint density at radius 1 is 1.23 bits per heavy atom. The summed E-state index contributed by atoms with van der Waals surface area (Å²) in [6.07, 6.45) is 4.72. The highest BCUT2D eigenvalue weighted by Crippen LogP contribution is 2.37. The summed E-state index contributed by atoms with van der Waals surface area (Å²) in [6.45, 7) is 4.38. The molecule has 1 unspecified atom stereocenters. The van der Waals surface area contributed by atoms with Gasteiger partial charge in [0.1, 0.15) is 5.69 Å². The van der Waals surface area contributed by atoms with Gasteiger partial charge in [-0.25, -0.2) is 18.7 Å². The van der Waals surface area contributed by atoms with Crippen LogP contribution < -0.4 is 5.32 Å². The first-order valence-electron chi connectivity index (χ1n) is 12.0. The number of alkyl halides is 2. The van der Waals surface area contributed by atoms with E-state index in [9.17, 15) is 13.6 Å². The van der Waals surface area contributed by atoms with E-state index < -0.39 is 11.8 Å². The molecule has 4 aromatic rings. The van der Waals surface area contributed by atoms with Gasteiger partial charge in [0.15, 0.2) is 0 Å². The van der Waals surface area contributed by atoms with Gasteiger partial charge in [-0.05, 0) is 37.0 Å². The van der Waals surface area contributed by atoms with Crippen LogP contribution in [0.2, 0.25) is 0 Å². The molecule has 0 spiro atoms. The number of aryl methyl sites for hydroxylation is 2. The maximum atomic E-state index is 14.2. The van der Waals surface area contributed by atoms with Gasteiger partial charge in [-0.3, -0.25) is 13.9 Å². The minimum Gasteiger partial charge on any atom is -0.347 e. The third kappa shape index (κ3) is 4.42. The minimum absolute atomic E-state index is 0.134. The third-order valence-corrected chi connectivity index (χ3v) is 6.81. The van der Waals surface area contributed by atoms with Gasteiger partial charge in [0.25, 0.3) is 11.8 Å². The zero-order valence-electron chi connectivity index (χ0n) is 19.8. The van der Waals surface area contributed by atoms with Crippen molar-refractivity contribution >= 4 is 11.7 Å². The van der Waals surface area contributed by atoms with E-state index in [4.69, 9.17) is 0 Å². The number of carbonyl (C=O) groups is 1. The van der Waals surface area contributed by atoms with E-state index in [2.05, 4.69) is 20.4 Å². The van der Waals surface area contributed by atoms with Gasteiger partial charge in [0.05, 0.1) is 11.4 Å². The summed E-state index contributed by atoms with van der Waals surface area (Å²) in [7, 11) is 0. The fourth-order valence-electron chi connectivity index (χ4n) is 4.72. The Balaban J connectivity index is 1.27. The number of amides is 1. The van der Waals surface area contributed by atoms with Crippen LogP contribution in [0.15, 0.2) is 48.8 Å². The van der Waals surface area contributed by atoms with E-state index in [1.807, 2.05) is 41.9 Å². The molecule has 0 fully saturated rings. The lowest BCUT2D eigenvalue weighted by Crippen LogP contribution is -2.34. The van der Waals surface area contributed by atoms with Crippen LogP contribution in [0.5, 0.6) is 0 Å². The van der Waals surface area contributed by atoms with Crippen LogP contribution in [0.4, 0.5) is 8.78 Å². The molecule has 182 valence electrons. The van der Waals surface area contributed by atoms with Crippen LogP contribution in [-0.4, -0.2) is 36.0 Å². The number of nitrogens with zero attached hydrogens (tertiary/aromatic N) is 5. The van der Waals surface area contributed by atoms with Crippen molar-refractivity contribution in [3.63, 3.8) is 0 Å². The van der Waals surface area contributed by atoms with Crippen LogP contribution in [0.1, 0.15) is 54.1 Å². The molecule has 3 aromatic heterocycles. The number of hydrogen-bond acceptors (Lipinski definition) is 4. The molecule has 0 saturated heterocycles. The number of carbonyl (C=O) groups excluding carboxylic acids is 1. The van der Waals surface area contributed by atoms with Crippen molar-refractivity contribution in [1.29, 1.82) is 0 Å². The van der Waals surface area contributed by atoms with Crippen molar-refractivity contribution in [3.05, 3.63) is 71.4 Å². The summed E-state index contributed by atoms with van der Waals surface area (Å²) in [4.78, 5) is 21.6. The van der Waals surface area contributed by atoms with Crippen molar-refractivity contribution in [2.45, 2.75) is 58.5 Å². The van der Waals surface area contributed by atoms with Gasteiger partial charge >= 0.3 is 0 Å². The third-order valence-electron chi connectivity index (χ3n) is 6.81. The number of imidazole rings is 1. The molecule has 7 nitrogen and oxygen atoms in total. The van der Waals surface area contributed by atoms with E-state index >= 15 is 0 Å². The summed E-state index contributed by atoms with van der Waals surface area (Å²) in [5, 5.41) is 7.61. The Bertz CT molecular complexity index is 1360. The van der Waals surface area contributed by atoms with Gasteiger partial charge in [0.2, 0.25) is 5.78 Å². The first-order valence-corrected chi connectivity index (χ1v) is 12.0. The smallest absolute Gasteiger partial charge is 0.270 e. The average Bonchev–Trinajstić information content (AvgIpc) is 3.48. The minimum atomic E-state index is -2.64. The Hall–Kier alpha value is -3.62. The molecule has 1 aliphatic rings. The van der Waals surface area contributed by atoms with Gasteiger partial charge in [-0.2, -0.15) is 5.10 Å². The molecule has 0 aliphatic carbocycles. The predicted molar refractivity (Wildman–Crippen MR) is 128 cm³/mol. The van der Waals surface area contributed by atoms with Crippen molar-refractivity contribution in [1.82, 2.24) is 29.5 Å². The zero-order valence-corrected chi connectivity index (χ0v) is 19.8. The number of fused-ring (bicyclic) bond motifs is 2. The van der Waals surface area contributed by atoms with Crippen molar-refractivity contribution in [2.24, 2.45) is 5.92 Å². The lowest BCUT2D eigenvalue weighted by atomic mass is 9.88. The number of benzene rings is 1. The number of rotatable bonds is 7. The lowest BCUT2D eigenvalue weighted by Gasteiger charge is -2.29. The molecule has 1 N–H and O–H groups in total. The summed E-state index contributed by atoms with van der Waals surface area (Å²) in [5.74, 6) is -2.97. The molecular formula is C26H28F2N6O. The normalized spacial score (nSPS) is 15.8. The molecule has 1 aliphatic heterocycles. The van der Waals surface area contributed by atoms with Crippen LogP contribution in [0.3, 0.4) is 0 Å². The largest absolute Gasteiger partial charge is 0.347 e. The molecule has 1 aromatic carbocycles. The Kier molecular flexibility index (Phi) is 6.08. The number of hydrogen-bond donors (Lipinski definition) is 1. The fourth-order valence-corrected chi connectivity index (χ4v) is 4.72. The van der Waals surface area contributed by atoms with Crippen LogP contribution >= 0.6 is 0 Å². The first-order chi connectivity index (χ1) is 16.9. The molecule has 0 saturated carbocycles. The summed E-state index contributed by atoms with van der Waals surface area (Å²) < 4.78 is 31.9. The molecule has 5 rings (SSSR count). The molecule has 0 radical (unpaired) electrons. The fraction of sp³-hybridized carbons (Fsp3) is 0.385. The Morgan fingerprint density at radius 2 is 2.03 bits per heavy atom. The number of aromatic nitrogens is 5. The molecule has 9 heteroatoms. The maximum Gasteiger partial charge on any atom is 0.270 e.